The van der Waals surface area contributed by atoms with Crippen LogP contribution in [0.2, 0.25) is 0 Å². The van der Waals surface area contributed by atoms with Gasteiger partial charge in [-0.15, -0.1) is 0 Å². The van der Waals surface area contributed by atoms with Crippen LogP contribution in [0.25, 0.3) is 0 Å². The molecule has 0 bridgehead atoms. The van der Waals surface area contributed by atoms with E-state index in [9.17, 15) is 14.3 Å². The lowest BCUT2D eigenvalue weighted by atomic mass is 10.1. The fraction of sp³-hybridized carbons (Fsp3) is 0.294. The van der Waals surface area contributed by atoms with Crippen molar-refractivity contribution in [3.63, 3.8) is 0 Å². The first-order valence-corrected chi connectivity index (χ1v) is 7.30. The van der Waals surface area contributed by atoms with E-state index < -0.39 is 17.8 Å². The number of ether oxygens (including phenoxy) is 1. The van der Waals surface area contributed by atoms with E-state index in [2.05, 4.69) is 10.3 Å². The first-order valence-electron chi connectivity index (χ1n) is 7.30. The molecule has 0 saturated carbocycles. The molecule has 0 radical (unpaired) electrons. The van der Waals surface area contributed by atoms with Crippen molar-refractivity contribution in [2.45, 2.75) is 32.5 Å². The predicted molar refractivity (Wildman–Crippen MR) is 84.6 cm³/mol. The maximum atomic E-state index is 13.1. The van der Waals surface area contributed by atoms with Crippen molar-refractivity contribution in [3.05, 3.63) is 54.0 Å². The van der Waals surface area contributed by atoms with Crippen LogP contribution in [0.15, 0.2) is 42.6 Å². The fourth-order valence-electron chi connectivity index (χ4n) is 2.01. The van der Waals surface area contributed by atoms with Crippen LogP contribution < -0.4 is 10.1 Å². The SMILES string of the molecule is CC(C)Oc1ncccc1NC(=O)CC(O)c1cccc(F)c1. The zero-order chi connectivity index (χ0) is 16.8. The van der Waals surface area contributed by atoms with Crippen LogP contribution in [0.3, 0.4) is 0 Å². The normalized spacial score (nSPS) is 12.0. The van der Waals surface area contributed by atoms with Crippen molar-refractivity contribution < 1.29 is 19.0 Å². The number of nitrogens with zero attached hydrogens (tertiary/aromatic N) is 1. The number of aliphatic hydroxyl groups excluding tert-OH is 1. The standard InChI is InChI=1S/C17H19FN2O3/c1-11(2)23-17-14(7-4-8-19-17)20-16(22)10-15(21)12-5-3-6-13(18)9-12/h3-9,11,15,21H,10H2,1-2H3,(H,20,22). The maximum absolute atomic E-state index is 13.1. The van der Waals surface area contributed by atoms with E-state index in [1.54, 1.807) is 24.4 Å². The van der Waals surface area contributed by atoms with Crippen LogP contribution in [0, 0.1) is 5.82 Å². The molecule has 2 N–H and O–H groups in total. The van der Waals surface area contributed by atoms with E-state index in [-0.39, 0.29) is 12.5 Å². The van der Waals surface area contributed by atoms with E-state index >= 15 is 0 Å². The Morgan fingerprint density at radius 2 is 2.13 bits per heavy atom. The van der Waals surface area contributed by atoms with Gasteiger partial charge in [-0.3, -0.25) is 4.79 Å². The van der Waals surface area contributed by atoms with Crippen LogP contribution in [0.5, 0.6) is 5.88 Å². The number of rotatable bonds is 6. The molecule has 6 heteroatoms. The number of amides is 1. The third-order valence-electron chi connectivity index (χ3n) is 3.00. The molecule has 0 aliphatic carbocycles. The average Bonchev–Trinajstić information content (AvgIpc) is 2.48. The minimum Gasteiger partial charge on any atom is -0.473 e. The van der Waals surface area contributed by atoms with Gasteiger partial charge in [-0.25, -0.2) is 9.37 Å². The van der Waals surface area contributed by atoms with Gasteiger partial charge < -0.3 is 15.2 Å². The molecule has 0 saturated heterocycles. The molecule has 1 aromatic carbocycles. The highest BCUT2D eigenvalue weighted by atomic mass is 19.1. The van der Waals surface area contributed by atoms with Crippen molar-refractivity contribution in [2.75, 3.05) is 5.32 Å². The van der Waals surface area contributed by atoms with E-state index in [1.165, 1.54) is 18.2 Å². The predicted octanol–water partition coefficient (Wildman–Crippen LogP) is 3.07. The molecule has 0 fully saturated rings. The van der Waals surface area contributed by atoms with Crippen molar-refractivity contribution in [2.24, 2.45) is 0 Å². The first kappa shape index (κ1) is 16.9. The van der Waals surface area contributed by atoms with Crippen LogP contribution in [-0.4, -0.2) is 22.1 Å². The van der Waals surface area contributed by atoms with Gasteiger partial charge in [-0.2, -0.15) is 0 Å². The molecule has 2 aromatic rings. The topological polar surface area (TPSA) is 71.5 Å². The smallest absolute Gasteiger partial charge is 0.238 e. The monoisotopic (exact) mass is 318 g/mol. The van der Waals surface area contributed by atoms with E-state index in [0.717, 1.165) is 0 Å². The number of nitrogens with one attached hydrogen (secondary N) is 1. The second kappa shape index (κ2) is 7.69. The van der Waals surface area contributed by atoms with Crippen LogP contribution in [0.1, 0.15) is 31.9 Å². The lowest BCUT2D eigenvalue weighted by molar-refractivity contribution is -0.118. The largest absolute Gasteiger partial charge is 0.473 e. The molecule has 1 heterocycles. The number of carbonyl (C=O) groups is 1. The third kappa shape index (κ3) is 5.03. The number of hydrogen-bond acceptors (Lipinski definition) is 4. The molecule has 1 amide bonds. The Bertz CT molecular complexity index is 676. The van der Waals surface area contributed by atoms with Gasteiger partial charge in [0.15, 0.2) is 0 Å². The number of aromatic nitrogens is 1. The van der Waals surface area contributed by atoms with Gasteiger partial charge in [0.1, 0.15) is 11.5 Å². The molecular weight excluding hydrogens is 299 g/mol. The van der Waals surface area contributed by atoms with E-state index in [4.69, 9.17) is 4.74 Å². The minimum absolute atomic E-state index is 0.0848. The lowest BCUT2D eigenvalue weighted by Gasteiger charge is -2.15. The lowest BCUT2D eigenvalue weighted by Crippen LogP contribution is -2.17. The minimum atomic E-state index is -1.09. The Labute approximate surface area is 134 Å². The maximum Gasteiger partial charge on any atom is 0.238 e. The van der Waals surface area contributed by atoms with Crippen molar-refractivity contribution in [1.82, 2.24) is 4.98 Å². The summed E-state index contributed by atoms with van der Waals surface area (Å²) in [6, 6.07) is 8.87. The zero-order valence-electron chi connectivity index (χ0n) is 13.0. The Morgan fingerprint density at radius 1 is 1.35 bits per heavy atom. The highest BCUT2D eigenvalue weighted by molar-refractivity contribution is 5.92. The number of benzene rings is 1. The molecule has 1 unspecified atom stereocenters. The first-order chi connectivity index (χ1) is 11.0. The molecule has 0 aliphatic heterocycles. The number of pyridine rings is 1. The van der Waals surface area contributed by atoms with Crippen LogP contribution >= 0.6 is 0 Å². The van der Waals surface area contributed by atoms with Crippen LogP contribution in [-0.2, 0) is 4.79 Å². The summed E-state index contributed by atoms with van der Waals surface area (Å²) in [5.41, 5.74) is 0.780. The fourth-order valence-corrected chi connectivity index (χ4v) is 2.01. The van der Waals surface area contributed by atoms with E-state index in [1.807, 2.05) is 13.8 Å². The van der Waals surface area contributed by atoms with Gasteiger partial charge in [0.25, 0.3) is 0 Å². The summed E-state index contributed by atoms with van der Waals surface area (Å²) >= 11 is 0. The van der Waals surface area contributed by atoms with Gasteiger partial charge in [0.2, 0.25) is 11.8 Å². The summed E-state index contributed by atoms with van der Waals surface area (Å²) in [5, 5.41) is 12.7. The van der Waals surface area contributed by atoms with Crippen LogP contribution in [0.4, 0.5) is 10.1 Å². The quantitative estimate of drug-likeness (QED) is 0.858. The van der Waals surface area contributed by atoms with Gasteiger partial charge in [-0.1, -0.05) is 12.1 Å². The number of anilines is 1. The number of hydrogen-bond donors (Lipinski definition) is 2. The summed E-state index contributed by atoms with van der Waals surface area (Å²) < 4.78 is 18.7. The van der Waals surface area contributed by atoms with Gasteiger partial charge in [0.05, 0.1) is 18.6 Å². The second-order valence-electron chi connectivity index (χ2n) is 5.35. The Morgan fingerprint density at radius 3 is 2.83 bits per heavy atom. The van der Waals surface area contributed by atoms with Gasteiger partial charge >= 0.3 is 0 Å². The highest BCUT2D eigenvalue weighted by Crippen LogP contribution is 2.23. The molecule has 122 valence electrons. The van der Waals surface area contributed by atoms with Crippen molar-refractivity contribution >= 4 is 11.6 Å². The molecule has 5 nitrogen and oxygen atoms in total. The molecule has 0 aliphatic rings. The summed E-state index contributed by atoms with van der Waals surface area (Å²) in [6.07, 6.45) is 0.198. The summed E-state index contributed by atoms with van der Waals surface area (Å²) in [4.78, 5) is 16.1. The van der Waals surface area contributed by atoms with E-state index in [0.29, 0.717) is 17.1 Å². The Balaban J connectivity index is 2.02. The molecule has 23 heavy (non-hydrogen) atoms. The molecule has 0 spiro atoms. The van der Waals surface area contributed by atoms with Crippen molar-refractivity contribution in [3.8, 4) is 5.88 Å². The van der Waals surface area contributed by atoms with Gasteiger partial charge in [-0.05, 0) is 43.7 Å². The molecular formula is C17H19FN2O3. The molecule has 1 aromatic heterocycles. The zero-order valence-corrected chi connectivity index (χ0v) is 13.0. The number of aliphatic hydroxyl groups is 1. The third-order valence-corrected chi connectivity index (χ3v) is 3.00. The molecule has 1 atom stereocenters. The Hall–Kier alpha value is -2.47. The molecule has 2 rings (SSSR count). The highest BCUT2D eigenvalue weighted by Gasteiger charge is 2.16. The summed E-state index contributed by atoms with van der Waals surface area (Å²) in [7, 11) is 0. The Kier molecular flexibility index (Phi) is 5.65. The summed E-state index contributed by atoms with van der Waals surface area (Å²) in [5.74, 6) is -0.554. The van der Waals surface area contributed by atoms with Crippen molar-refractivity contribution in [1.29, 1.82) is 0 Å². The average molecular weight is 318 g/mol. The second-order valence-corrected chi connectivity index (χ2v) is 5.35. The number of carbonyl (C=O) groups excluding carboxylic acids is 1. The summed E-state index contributed by atoms with van der Waals surface area (Å²) in [6.45, 7) is 3.71. The van der Waals surface area contributed by atoms with Gasteiger partial charge in [0, 0.05) is 6.20 Å². The number of halogens is 1.